The van der Waals surface area contributed by atoms with Gasteiger partial charge in [0.05, 0.1) is 13.4 Å². The van der Waals surface area contributed by atoms with Gasteiger partial charge in [0.2, 0.25) is 0 Å². The van der Waals surface area contributed by atoms with Crippen molar-refractivity contribution in [2.24, 2.45) is 4.99 Å². The Balaban J connectivity index is 1.79. The lowest BCUT2D eigenvalue weighted by molar-refractivity contribution is -0.130. The number of methoxy groups -OCH3 is 1. The maximum atomic E-state index is 13.4. The van der Waals surface area contributed by atoms with Gasteiger partial charge in [-0.2, -0.15) is 0 Å². The number of furan rings is 1. The number of aliphatic imine (C=N–C) groups is 1. The Kier molecular flexibility index (Phi) is 4.23. The van der Waals surface area contributed by atoms with E-state index in [1.54, 1.807) is 12.3 Å². The Morgan fingerprint density at radius 3 is 2.91 bits per heavy atom. The molecule has 1 aliphatic heterocycles. The second-order valence-corrected chi connectivity index (χ2v) is 4.89. The van der Waals surface area contributed by atoms with E-state index in [1.165, 1.54) is 31.4 Å². The minimum Gasteiger partial charge on any atom is -0.496 e. The van der Waals surface area contributed by atoms with Crippen molar-refractivity contribution in [2.45, 2.75) is 12.8 Å². The molecular formula is C17H14FNO4. The summed E-state index contributed by atoms with van der Waals surface area (Å²) in [5.41, 5.74) is 0.541. The molecule has 0 amide bonds. The minimum absolute atomic E-state index is 0.114. The Morgan fingerprint density at radius 1 is 1.30 bits per heavy atom. The van der Waals surface area contributed by atoms with Crippen molar-refractivity contribution < 1.29 is 23.1 Å². The zero-order valence-electron chi connectivity index (χ0n) is 12.4. The van der Waals surface area contributed by atoms with Crippen LogP contribution in [0, 0.1) is 5.82 Å². The van der Waals surface area contributed by atoms with E-state index in [2.05, 4.69) is 4.99 Å². The van der Waals surface area contributed by atoms with Crippen molar-refractivity contribution in [3.63, 3.8) is 0 Å². The number of benzene rings is 1. The first-order valence-corrected chi connectivity index (χ1v) is 7.03. The molecule has 2 aromatic rings. The highest BCUT2D eigenvalue weighted by Gasteiger charge is 2.23. The van der Waals surface area contributed by atoms with Gasteiger partial charge in [-0.05, 0) is 36.4 Å². The van der Waals surface area contributed by atoms with Gasteiger partial charge >= 0.3 is 5.97 Å². The zero-order chi connectivity index (χ0) is 16.2. The van der Waals surface area contributed by atoms with Crippen molar-refractivity contribution in [3.05, 3.63) is 59.4 Å². The molecule has 0 fully saturated rings. The maximum absolute atomic E-state index is 13.4. The van der Waals surface area contributed by atoms with Crippen LogP contribution in [0.5, 0.6) is 5.75 Å². The van der Waals surface area contributed by atoms with Gasteiger partial charge in [0.25, 0.3) is 0 Å². The fourth-order valence-corrected chi connectivity index (χ4v) is 2.21. The lowest BCUT2D eigenvalue weighted by Gasteiger charge is -2.04. The van der Waals surface area contributed by atoms with Crippen molar-refractivity contribution in [1.29, 1.82) is 0 Å². The second kappa shape index (κ2) is 6.48. The van der Waals surface area contributed by atoms with Crippen LogP contribution in [0.15, 0.2) is 51.7 Å². The van der Waals surface area contributed by atoms with Gasteiger partial charge in [-0.25, -0.2) is 14.2 Å². The highest BCUT2D eigenvalue weighted by Crippen LogP contribution is 2.25. The number of esters is 1. The third-order valence-corrected chi connectivity index (χ3v) is 3.31. The summed E-state index contributed by atoms with van der Waals surface area (Å²) in [6.07, 6.45) is 4.05. The van der Waals surface area contributed by atoms with Crippen LogP contribution in [-0.4, -0.2) is 19.0 Å². The zero-order valence-corrected chi connectivity index (χ0v) is 12.4. The summed E-state index contributed by atoms with van der Waals surface area (Å²) in [6, 6.07) is 7.68. The van der Waals surface area contributed by atoms with E-state index < -0.39 is 11.8 Å². The summed E-state index contributed by atoms with van der Waals surface area (Å²) in [4.78, 5) is 16.0. The minimum atomic E-state index is -0.564. The van der Waals surface area contributed by atoms with Crippen LogP contribution in [0.3, 0.4) is 0 Å². The van der Waals surface area contributed by atoms with Crippen molar-refractivity contribution in [3.8, 4) is 5.75 Å². The summed E-state index contributed by atoms with van der Waals surface area (Å²) in [7, 11) is 1.47. The predicted molar refractivity (Wildman–Crippen MR) is 81.5 cm³/mol. The Bertz CT molecular complexity index is 778. The fraction of sp³-hybridized carbons (Fsp3) is 0.176. The Morgan fingerprint density at radius 2 is 2.17 bits per heavy atom. The standard InChI is InChI=1S/C17H14FNO4/c1-21-15-6-4-12(18)9-11(15)10-14-17(20)23-16(19-14)7-5-13-3-2-8-22-13/h2-4,6,8-10H,5,7H2,1H3/b14-10+. The topological polar surface area (TPSA) is 61.0 Å². The van der Waals surface area contributed by atoms with Gasteiger partial charge in [-0.3, -0.25) is 0 Å². The third-order valence-electron chi connectivity index (χ3n) is 3.31. The number of halogens is 1. The second-order valence-electron chi connectivity index (χ2n) is 4.89. The molecule has 5 nitrogen and oxygen atoms in total. The van der Waals surface area contributed by atoms with E-state index in [9.17, 15) is 9.18 Å². The fourth-order valence-electron chi connectivity index (χ4n) is 2.21. The summed E-state index contributed by atoms with van der Waals surface area (Å²) >= 11 is 0. The molecule has 1 aliphatic rings. The first kappa shape index (κ1) is 15.0. The highest BCUT2D eigenvalue weighted by molar-refractivity contribution is 6.07. The molecule has 0 radical (unpaired) electrons. The number of carbonyl (C=O) groups excluding carboxylic acids is 1. The summed E-state index contributed by atoms with van der Waals surface area (Å²) in [6.45, 7) is 0. The normalized spacial score (nSPS) is 15.7. The SMILES string of the molecule is COc1ccc(F)cc1/C=C1/N=C(CCc2ccco2)OC1=O. The van der Waals surface area contributed by atoms with Crippen LogP contribution in [0.4, 0.5) is 4.39 Å². The lowest BCUT2D eigenvalue weighted by atomic mass is 10.1. The number of hydrogen-bond donors (Lipinski definition) is 0. The predicted octanol–water partition coefficient (Wildman–Crippen LogP) is 3.36. The van der Waals surface area contributed by atoms with Gasteiger partial charge in [-0.15, -0.1) is 0 Å². The molecule has 0 N–H and O–H groups in total. The monoisotopic (exact) mass is 315 g/mol. The maximum Gasteiger partial charge on any atom is 0.363 e. The molecule has 0 saturated heterocycles. The van der Waals surface area contributed by atoms with E-state index in [-0.39, 0.29) is 5.70 Å². The van der Waals surface area contributed by atoms with E-state index >= 15 is 0 Å². The smallest absolute Gasteiger partial charge is 0.363 e. The molecule has 0 bridgehead atoms. The van der Waals surface area contributed by atoms with Crippen LogP contribution in [0.2, 0.25) is 0 Å². The van der Waals surface area contributed by atoms with E-state index in [0.717, 1.165) is 5.76 Å². The Hall–Kier alpha value is -2.89. The van der Waals surface area contributed by atoms with Crippen LogP contribution in [0.25, 0.3) is 6.08 Å². The third kappa shape index (κ3) is 3.48. The van der Waals surface area contributed by atoms with Gasteiger partial charge in [-0.1, -0.05) is 0 Å². The average molecular weight is 315 g/mol. The molecule has 23 heavy (non-hydrogen) atoms. The van der Waals surface area contributed by atoms with Gasteiger partial charge in [0.15, 0.2) is 11.6 Å². The Labute approximate surface area is 132 Å². The van der Waals surface area contributed by atoms with Crippen LogP contribution in [-0.2, 0) is 16.0 Å². The summed E-state index contributed by atoms with van der Waals surface area (Å²) in [5, 5.41) is 0. The van der Waals surface area contributed by atoms with Gasteiger partial charge < -0.3 is 13.9 Å². The number of ether oxygens (including phenoxy) is 2. The molecule has 2 heterocycles. The molecule has 1 aromatic heterocycles. The lowest BCUT2D eigenvalue weighted by Crippen LogP contribution is -2.04. The number of nitrogens with zero attached hydrogens (tertiary/aromatic N) is 1. The van der Waals surface area contributed by atoms with E-state index in [1.807, 2.05) is 6.07 Å². The number of rotatable bonds is 5. The summed E-state index contributed by atoms with van der Waals surface area (Å²) in [5.74, 6) is 0.559. The molecular weight excluding hydrogens is 301 g/mol. The largest absolute Gasteiger partial charge is 0.496 e. The molecule has 0 atom stereocenters. The number of carbonyl (C=O) groups is 1. The van der Waals surface area contributed by atoms with Crippen LogP contribution < -0.4 is 4.74 Å². The molecule has 1 aromatic carbocycles. The quantitative estimate of drug-likeness (QED) is 0.627. The van der Waals surface area contributed by atoms with Crippen LogP contribution >= 0.6 is 0 Å². The molecule has 0 saturated carbocycles. The first-order valence-electron chi connectivity index (χ1n) is 7.03. The van der Waals surface area contributed by atoms with E-state index in [4.69, 9.17) is 13.9 Å². The van der Waals surface area contributed by atoms with Crippen molar-refractivity contribution in [2.75, 3.05) is 7.11 Å². The van der Waals surface area contributed by atoms with Crippen molar-refractivity contribution in [1.82, 2.24) is 0 Å². The molecule has 0 aliphatic carbocycles. The molecule has 0 unspecified atom stereocenters. The number of hydrogen-bond acceptors (Lipinski definition) is 5. The number of cyclic esters (lactones) is 1. The van der Waals surface area contributed by atoms with Gasteiger partial charge in [0, 0.05) is 18.4 Å². The van der Waals surface area contributed by atoms with E-state index in [0.29, 0.717) is 30.1 Å². The van der Waals surface area contributed by atoms with Crippen molar-refractivity contribution >= 4 is 17.9 Å². The number of aryl methyl sites for hydroxylation is 1. The summed E-state index contributed by atoms with van der Waals surface area (Å²) < 4.78 is 28.8. The van der Waals surface area contributed by atoms with Crippen LogP contribution in [0.1, 0.15) is 17.7 Å². The molecule has 3 rings (SSSR count). The molecule has 0 spiro atoms. The first-order chi connectivity index (χ1) is 11.2. The molecule has 118 valence electrons. The van der Waals surface area contributed by atoms with Gasteiger partial charge in [0.1, 0.15) is 17.3 Å². The average Bonchev–Trinajstić information content (AvgIpc) is 3.16. The highest BCUT2D eigenvalue weighted by atomic mass is 19.1. The molecule has 6 heteroatoms.